The first-order valence-electron chi connectivity index (χ1n) is 11.5. The van der Waals surface area contributed by atoms with Crippen molar-refractivity contribution in [2.75, 3.05) is 4.90 Å². The van der Waals surface area contributed by atoms with Gasteiger partial charge >= 0.3 is 0 Å². The summed E-state index contributed by atoms with van der Waals surface area (Å²) in [6.45, 7) is 4.73. The lowest BCUT2D eigenvalue weighted by atomic mass is 9.47. The number of rotatable bonds is 1. The van der Waals surface area contributed by atoms with Crippen molar-refractivity contribution in [3.8, 4) is 0 Å². The quantitative estimate of drug-likeness (QED) is 0.573. The molecule has 4 saturated carbocycles. The summed E-state index contributed by atoms with van der Waals surface area (Å²) in [6.07, 6.45) is 11.3. The summed E-state index contributed by atoms with van der Waals surface area (Å²) in [5, 5.41) is 0. The molecule has 3 aromatic rings. The molecule has 3 heterocycles. The molecular weight excluding hydrogens is 356 g/mol. The zero-order valence-electron chi connectivity index (χ0n) is 17.7. The van der Waals surface area contributed by atoms with Crippen molar-refractivity contribution in [3.63, 3.8) is 0 Å². The molecule has 0 amide bonds. The predicted molar refractivity (Wildman–Crippen MR) is 115 cm³/mol. The highest BCUT2D eigenvalue weighted by molar-refractivity contribution is 5.65. The molecule has 4 fully saturated rings. The van der Waals surface area contributed by atoms with Gasteiger partial charge < -0.3 is 9.47 Å². The smallest absolute Gasteiger partial charge is 0.214 e. The van der Waals surface area contributed by atoms with E-state index in [1.807, 2.05) is 6.20 Å². The number of aryl methyl sites for hydroxylation is 2. The first kappa shape index (κ1) is 16.6. The van der Waals surface area contributed by atoms with Gasteiger partial charge in [0, 0.05) is 25.1 Å². The van der Waals surface area contributed by atoms with Gasteiger partial charge in [0.25, 0.3) is 0 Å². The largest absolute Gasteiger partial charge is 0.351 e. The van der Waals surface area contributed by atoms with E-state index >= 15 is 0 Å². The van der Waals surface area contributed by atoms with Crippen molar-refractivity contribution < 1.29 is 0 Å². The van der Waals surface area contributed by atoms with Crippen molar-refractivity contribution in [2.45, 2.75) is 57.5 Å². The average Bonchev–Trinajstić information content (AvgIpc) is 3.34. The molecule has 0 radical (unpaired) electrons. The Balaban J connectivity index is 1.56. The van der Waals surface area contributed by atoms with Crippen LogP contribution >= 0.6 is 0 Å². The Labute approximate surface area is 172 Å². The van der Waals surface area contributed by atoms with E-state index in [1.165, 1.54) is 49.0 Å². The standard InChI is InChI=1S/C25H30N4/c1-15-6-4-5-7-21(15)29-16(2)22-23(27(3)24-26-8-9-28(22)24)25(29)19-11-17-10-18(13-19)14-20(25)12-17/h4-9,16-20H,10-14H2,1-3H3/t16-,17?,18?,19?,20?,25?/m0/s1. The summed E-state index contributed by atoms with van der Waals surface area (Å²) >= 11 is 0. The maximum absolute atomic E-state index is 4.73. The summed E-state index contributed by atoms with van der Waals surface area (Å²) in [5.74, 6) is 4.57. The lowest BCUT2D eigenvalue weighted by Crippen LogP contribution is -2.62. The van der Waals surface area contributed by atoms with E-state index < -0.39 is 0 Å². The Hall–Kier alpha value is -2.23. The van der Waals surface area contributed by atoms with E-state index in [-0.39, 0.29) is 5.54 Å². The number of para-hydroxylation sites is 1. The molecule has 1 aliphatic heterocycles. The maximum atomic E-state index is 4.73. The Kier molecular flexibility index (Phi) is 3.01. The van der Waals surface area contributed by atoms with Crippen LogP contribution in [0.1, 0.15) is 62.0 Å². The topological polar surface area (TPSA) is 25.5 Å². The molecule has 1 aromatic carbocycles. The second-order valence-corrected chi connectivity index (χ2v) is 10.4. The number of hydrogen-bond donors (Lipinski definition) is 0. The molecule has 0 N–H and O–H groups in total. The number of anilines is 1. The fourth-order valence-electron chi connectivity index (χ4n) is 8.47. The second-order valence-electron chi connectivity index (χ2n) is 10.4. The normalized spacial score (nSPS) is 37.2. The van der Waals surface area contributed by atoms with E-state index in [2.05, 4.69) is 65.2 Å². The molecule has 4 bridgehead atoms. The highest BCUT2D eigenvalue weighted by Gasteiger charge is 2.66. The SMILES string of the molecule is Cc1ccccc1N1[C@@H](C)c2c(n(C)c3nccn23)C12C1CC3CC(C1)CC2C3. The van der Waals surface area contributed by atoms with Gasteiger partial charge in [0.2, 0.25) is 5.78 Å². The summed E-state index contributed by atoms with van der Waals surface area (Å²) in [6, 6.07) is 9.44. The van der Waals surface area contributed by atoms with Gasteiger partial charge in [-0.15, -0.1) is 0 Å². The van der Waals surface area contributed by atoms with Crippen LogP contribution in [0.25, 0.3) is 5.78 Å². The highest BCUT2D eigenvalue weighted by atomic mass is 15.4. The molecule has 0 unspecified atom stereocenters. The zero-order chi connectivity index (χ0) is 19.5. The van der Waals surface area contributed by atoms with Gasteiger partial charge in [-0.05, 0) is 81.3 Å². The maximum Gasteiger partial charge on any atom is 0.214 e. The monoisotopic (exact) mass is 386 g/mol. The Morgan fingerprint density at radius 2 is 1.69 bits per heavy atom. The third kappa shape index (κ3) is 1.77. The van der Waals surface area contributed by atoms with Gasteiger partial charge in [0.1, 0.15) is 0 Å². The van der Waals surface area contributed by atoms with E-state index in [0.29, 0.717) is 6.04 Å². The average molecular weight is 387 g/mol. The Morgan fingerprint density at radius 1 is 1.00 bits per heavy atom. The lowest BCUT2D eigenvalue weighted by molar-refractivity contribution is -0.0629. The summed E-state index contributed by atoms with van der Waals surface area (Å²) in [4.78, 5) is 7.61. The lowest BCUT2D eigenvalue weighted by Gasteiger charge is -2.63. The third-order valence-corrected chi connectivity index (χ3v) is 9.08. The van der Waals surface area contributed by atoms with Crippen molar-refractivity contribution >= 4 is 11.5 Å². The van der Waals surface area contributed by atoms with E-state index in [9.17, 15) is 0 Å². The number of benzene rings is 1. The number of fused-ring (bicyclic) bond motifs is 3. The molecule has 4 heteroatoms. The van der Waals surface area contributed by atoms with Crippen LogP contribution in [0.3, 0.4) is 0 Å². The molecule has 4 aliphatic carbocycles. The Morgan fingerprint density at radius 3 is 2.38 bits per heavy atom. The third-order valence-electron chi connectivity index (χ3n) is 9.08. The van der Waals surface area contributed by atoms with Crippen molar-refractivity contribution in [1.82, 2.24) is 14.0 Å². The van der Waals surface area contributed by atoms with Gasteiger partial charge in [-0.2, -0.15) is 0 Å². The van der Waals surface area contributed by atoms with Gasteiger partial charge in [0.15, 0.2) is 0 Å². The molecule has 4 nitrogen and oxygen atoms in total. The first-order valence-corrected chi connectivity index (χ1v) is 11.5. The first-order chi connectivity index (χ1) is 14.1. The van der Waals surface area contributed by atoms with Crippen LogP contribution in [-0.2, 0) is 12.6 Å². The van der Waals surface area contributed by atoms with Gasteiger partial charge in [-0.25, -0.2) is 4.98 Å². The molecule has 8 rings (SSSR count). The van der Waals surface area contributed by atoms with Crippen LogP contribution in [0.4, 0.5) is 5.69 Å². The molecule has 1 atom stereocenters. The van der Waals surface area contributed by atoms with Crippen molar-refractivity contribution in [3.05, 3.63) is 53.6 Å². The summed E-state index contributed by atoms with van der Waals surface area (Å²) < 4.78 is 4.83. The number of nitrogens with zero attached hydrogens (tertiary/aromatic N) is 4. The fourth-order valence-corrected chi connectivity index (χ4v) is 8.47. The van der Waals surface area contributed by atoms with Crippen LogP contribution in [0.5, 0.6) is 0 Å². The number of aromatic nitrogens is 3. The zero-order valence-corrected chi connectivity index (χ0v) is 17.7. The second kappa shape index (κ2) is 5.27. The number of hydrogen-bond acceptors (Lipinski definition) is 2. The molecule has 2 aromatic heterocycles. The van der Waals surface area contributed by atoms with Gasteiger partial charge in [-0.1, -0.05) is 18.2 Å². The molecule has 0 saturated heterocycles. The minimum atomic E-state index is 0.129. The van der Waals surface area contributed by atoms with Crippen LogP contribution in [0.2, 0.25) is 0 Å². The van der Waals surface area contributed by atoms with Crippen LogP contribution in [0, 0.1) is 30.6 Å². The molecule has 29 heavy (non-hydrogen) atoms. The summed E-state index contributed by atoms with van der Waals surface area (Å²) in [7, 11) is 2.27. The Bertz CT molecular complexity index is 1110. The van der Waals surface area contributed by atoms with E-state index in [4.69, 9.17) is 4.98 Å². The van der Waals surface area contributed by atoms with Crippen LogP contribution in [-0.4, -0.2) is 14.0 Å². The molecule has 150 valence electrons. The van der Waals surface area contributed by atoms with Crippen LogP contribution < -0.4 is 4.90 Å². The molecular formula is C25H30N4. The molecule has 5 aliphatic rings. The van der Waals surface area contributed by atoms with Crippen LogP contribution in [0.15, 0.2) is 36.7 Å². The highest BCUT2D eigenvalue weighted by Crippen LogP contribution is 2.68. The van der Waals surface area contributed by atoms with E-state index in [1.54, 1.807) is 5.69 Å². The minimum Gasteiger partial charge on any atom is -0.351 e. The molecule has 1 spiro atoms. The van der Waals surface area contributed by atoms with Gasteiger partial charge in [-0.3, -0.25) is 4.40 Å². The predicted octanol–water partition coefficient (Wildman–Crippen LogP) is 5.21. The minimum absolute atomic E-state index is 0.129. The van der Waals surface area contributed by atoms with Crippen molar-refractivity contribution in [1.29, 1.82) is 0 Å². The fraction of sp³-hybridized carbons (Fsp3) is 0.560. The van der Waals surface area contributed by atoms with E-state index in [0.717, 1.165) is 29.4 Å². The van der Waals surface area contributed by atoms with Gasteiger partial charge in [0.05, 0.1) is 23.0 Å². The summed E-state index contributed by atoms with van der Waals surface area (Å²) in [5.41, 5.74) is 6.03. The number of imidazole rings is 2. The van der Waals surface area contributed by atoms with Crippen molar-refractivity contribution in [2.24, 2.45) is 30.7 Å².